The van der Waals surface area contributed by atoms with Gasteiger partial charge < -0.3 is 15.1 Å². The standard InChI is InChI=1S/C14H31N3/c1-13(15-2)7-5-6-10-17-11-8-14(9-12-17)16(3)4/h13-15H,5-12H2,1-4H3. The van der Waals surface area contributed by atoms with Crippen LogP contribution in [0.1, 0.15) is 39.0 Å². The molecule has 0 amide bonds. The van der Waals surface area contributed by atoms with Gasteiger partial charge in [0, 0.05) is 12.1 Å². The number of rotatable bonds is 7. The summed E-state index contributed by atoms with van der Waals surface area (Å²) < 4.78 is 0. The molecule has 0 saturated carbocycles. The Morgan fingerprint density at radius 1 is 1.24 bits per heavy atom. The van der Waals surface area contributed by atoms with Crippen LogP contribution in [0.4, 0.5) is 0 Å². The molecule has 1 heterocycles. The Hall–Kier alpha value is -0.120. The van der Waals surface area contributed by atoms with Gasteiger partial charge in [0.15, 0.2) is 0 Å². The zero-order valence-electron chi connectivity index (χ0n) is 12.2. The van der Waals surface area contributed by atoms with Crippen LogP contribution in [0.5, 0.6) is 0 Å². The molecule has 1 fully saturated rings. The first-order valence-electron chi connectivity index (χ1n) is 7.19. The SMILES string of the molecule is CNC(C)CCCCN1CCC(N(C)C)CC1. The number of likely N-dealkylation sites (tertiary alicyclic amines) is 1. The number of unbranched alkanes of at least 4 members (excludes halogenated alkanes) is 1. The predicted molar refractivity (Wildman–Crippen MR) is 75.5 cm³/mol. The second kappa shape index (κ2) is 8.06. The summed E-state index contributed by atoms with van der Waals surface area (Å²) in [6.07, 6.45) is 6.72. The van der Waals surface area contributed by atoms with Gasteiger partial charge in [-0.1, -0.05) is 6.42 Å². The number of nitrogens with zero attached hydrogens (tertiary/aromatic N) is 2. The summed E-state index contributed by atoms with van der Waals surface area (Å²) in [7, 11) is 6.47. The minimum absolute atomic E-state index is 0.675. The summed E-state index contributed by atoms with van der Waals surface area (Å²) in [5.41, 5.74) is 0. The minimum Gasteiger partial charge on any atom is -0.317 e. The van der Waals surface area contributed by atoms with Crippen LogP contribution in [0, 0.1) is 0 Å². The first-order valence-corrected chi connectivity index (χ1v) is 7.19. The highest BCUT2D eigenvalue weighted by molar-refractivity contribution is 4.76. The molecular formula is C14H31N3. The lowest BCUT2D eigenvalue weighted by molar-refractivity contribution is 0.143. The summed E-state index contributed by atoms with van der Waals surface area (Å²) in [6.45, 7) is 6.16. The first kappa shape index (κ1) is 14.9. The molecule has 0 aromatic carbocycles. The lowest BCUT2D eigenvalue weighted by Gasteiger charge is -2.35. The maximum atomic E-state index is 3.30. The third-order valence-corrected chi connectivity index (χ3v) is 4.14. The van der Waals surface area contributed by atoms with Gasteiger partial charge in [-0.15, -0.1) is 0 Å². The minimum atomic E-state index is 0.675. The Kier molecular flexibility index (Phi) is 7.09. The number of hydrogen-bond donors (Lipinski definition) is 1. The molecular weight excluding hydrogens is 210 g/mol. The molecule has 1 aliphatic rings. The van der Waals surface area contributed by atoms with E-state index in [4.69, 9.17) is 0 Å². The third-order valence-electron chi connectivity index (χ3n) is 4.14. The van der Waals surface area contributed by atoms with Crippen molar-refractivity contribution in [3.8, 4) is 0 Å². The van der Waals surface area contributed by atoms with Crippen LogP contribution in [0.3, 0.4) is 0 Å². The van der Waals surface area contributed by atoms with Crippen molar-refractivity contribution in [1.82, 2.24) is 15.1 Å². The van der Waals surface area contributed by atoms with Gasteiger partial charge in [0.1, 0.15) is 0 Å². The summed E-state index contributed by atoms with van der Waals surface area (Å²) in [5, 5.41) is 3.30. The Balaban J connectivity index is 2.02. The Morgan fingerprint density at radius 2 is 1.88 bits per heavy atom. The maximum absolute atomic E-state index is 3.30. The van der Waals surface area contributed by atoms with E-state index in [0.717, 1.165) is 6.04 Å². The molecule has 3 nitrogen and oxygen atoms in total. The number of nitrogens with one attached hydrogen (secondary N) is 1. The predicted octanol–water partition coefficient (Wildman–Crippen LogP) is 1.79. The molecule has 3 heteroatoms. The molecule has 1 atom stereocenters. The van der Waals surface area contributed by atoms with Gasteiger partial charge in [-0.2, -0.15) is 0 Å². The van der Waals surface area contributed by atoms with Crippen molar-refractivity contribution < 1.29 is 0 Å². The van der Waals surface area contributed by atoms with E-state index in [1.165, 1.54) is 51.7 Å². The fourth-order valence-electron chi connectivity index (χ4n) is 2.59. The average molecular weight is 241 g/mol. The molecule has 1 aliphatic heterocycles. The molecule has 0 aromatic heterocycles. The summed E-state index contributed by atoms with van der Waals surface area (Å²) >= 11 is 0. The molecule has 0 spiro atoms. The van der Waals surface area contributed by atoms with Crippen molar-refractivity contribution >= 4 is 0 Å². The topological polar surface area (TPSA) is 18.5 Å². The maximum Gasteiger partial charge on any atom is 0.0113 e. The van der Waals surface area contributed by atoms with E-state index in [1.54, 1.807) is 0 Å². The van der Waals surface area contributed by atoms with Gasteiger partial charge >= 0.3 is 0 Å². The van der Waals surface area contributed by atoms with Gasteiger partial charge in [-0.05, 0) is 73.4 Å². The molecule has 1 rings (SSSR count). The number of piperidine rings is 1. The summed E-state index contributed by atoms with van der Waals surface area (Å²) in [6, 6.07) is 1.49. The Labute approximate surface area is 108 Å². The van der Waals surface area contributed by atoms with Crippen LogP contribution in [0.2, 0.25) is 0 Å². The Bertz CT molecular complexity index is 186. The van der Waals surface area contributed by atoms with E-state index in [-0.39, 0.29) is 0 Å². The molecule has 1 saturated heterocycles. The normalized spacial score (nSPS) is 21.0. The van der Waals surface area contributed by atoms with Gasteiger partial charge in [0.25, 0.3) is 0 Å². The molecule has 0 aromatic rings. The molecule has 1 N–H and O–H groups in total. The summed E-state index contributed by atoms with van der Waals surface area (Å²) in [4.78, 5) is 5.02. The van der Waals surface area contributed by atoms with E-state index in [9.17, 15) is 0 Å². The zero-order chi connectivity index (χ0) is 12.7. The molecule has 1 unspecified atom stereocenters. The van der Waals surface area contributed by atoms with E-state index in [0.29, 0.717) is 6.04 Å². The van der Waals surface area contributed by atoms with Crippen LogP contribution >= 0.6 is 0 Å². The molecule has 0 aliphatic carbocycles. The second-order valence-electron chi connectivity index (χ2n) is 5.72. The highest BCUT2D eigenvalue weighted by Crippen LogP contribution is 2.14. The Morgan fingerprint density at radius 3 is 2.41 bits per heavy atom. The molecule has 0 radical (unpaired) electrons. The van der Waals surface area contributed by atoms with Crippen molar-refractivity contribution in [2.75, 3.05) is 40.8 Å². The number of hydrogen-bond acceptors (Lipinski definition) is 3. The zero-order valence-corrected chi connectivity index (χ0v) is 12.2. The van der Waals surface area contributed by atoms with Gasteiger partial charge in [0.05, 0.1) is 0 Å². The van der Waals surface area contributed by atoms with Crippen LogP contribution < -0.4 is 5.32 Å². The van der Waals surface area contributed by atoms with Crippen LogP contribution in [-0.2, 0) is 0 Å². The van der Waals surface area contributed by atoms with Crippen molar-refractivity contribution in [3.05, 3.63) is 0 Å². The van der Waals surface area contributed by atoms with Gasteiger partial charge in [-0.3, -0.25) is 0 Å². The van der Waals surface area contributed by atoms with Crippen LogP contribution in [0.25, 0.3) is 0 Å². The molecule has 0 bridgehead atoms. The monoisotopic (exact) mass is 241 g/mol. The van der Waals surface area contributed by atoms with Crippen molar-refractivity contribution in [2.24, 2.45) is 0 Å². The quantitative estimate of drug-likeness (QED) is 0.686. The fraction of sp³-hybridized carbons (Fsp3) is 1.00. The van der Waals surface area contributed by atoms with Gasteiger partial charge in [0.2, 0.25) is 0 Å². The van der Waals surface area contributed by atoms with Crippen LogP contribution in [-0.4, -0.2) is 62.7 Å². The van der Waals surface area contributed by atoms with E-state index in [1.807, 2.05) is 0 Å². The third kappa shape index (κ3) is 5.84. The van der Waals surface area contributed by atoms with Gasteiger partial charge in [-0.25, -0.2) is 0 Å². The molecule has 102 valence electrons. The van der Waals surface area contributed by atoms with E-state index >= 15 is 0 Å². The summed E-state index contributed by atoms with van der Waals surface area (Å²) in [5.74, 6) is 0. The second-order valence-corrected chi connectivity index (χ2v) is 5.72. The lowest BCUT2D eigenvalue weighted by Crippen LogP contribution is -2.42. The first-order chi connectivity index (χ1) is 8.13. The van der Waals surface area contributed by atoms with Crippen LogP contribution in [0.15, 0.2) is 0 Å². The van der Waals surface area contributed by atoms with Crippen molar-refractivity contribution in [3.63, 3.8) is 0 Å². The van der Waals surface area contributed by atoms with E-state index in [2.05, 4.69) is 43.2 Å². The fourth-order valence-corrected chi connectivity index (χ4v) is 2.59. The van der Waals surface area contributed by atoms with Crippen molar-refractivity contribution in [1.29, 1.82) is 0 Å². The molecule has 17 heavy (non-hydrogen) atoms. The highest BCUT2D eigenvalue weighted by Gasteiger charge is 2.19. The van der Waals surface area contributed by atoms with E-state index < -0.39 is 0 Å². The van der Waals surface area contributed by atoms with Crippen molar-refractivity contribution in [2.45, 2.75) is 51.1 Å². The highest BCUT2D eigenvalue weighted by atomic mass is 15.2. The average Bonchev–Trinajstić information content (AvgIpc) is 2.34. The largest absolute Gasteiger partial charge is 0.317 e. The lowest BCUT2D eigenvalue weighted by atomic mass is 10.0. The smallest absolute Gasteiger partial charge is 0.0113 e.